The maximum absolute atomic E-state index is 8.70. The number of rotatable bonds is 4. The molecule has 1 N–H and O–H groups in total. The molecule has 0 aliphatic rings. The van der Waals surface area contributed by atoms with Crippen LogP contribution in [0.3, 0.4) is 0 Å². The number of nitrogens with zero attached hydrogens (tertiary/aromatic N) is 2. The maximum Gasteiger partial charge on any atom is 0.233 e. The highest BCUT2D eigenvalue weighted by Crippen LogP contribution is 2.06. The molecule has 1 rings (SSSR count). The van der Waals surface area contributed by atoms with Crippen LogP contribution in [0.2, 0.25) is 0 Å². The van der Waals surface area contributed by atoms with Crippen LogP contribution in [0.5, 0.6) is 5.88 Å². The minimum Gasteiger partial charge on any atom is -0.476 e. The first-order chi connectivity index (χ1) is 6.22. The van der Waals surface area contributed by atoms with Gasteiger partial charge < -0.3 is 9.84 Å². The largest absolute Gasteiger partial charge is 0.476 e. The van der Waals surface area contributed by atoms with Crippen LogP contribution in [0.1, 0.15) is 19.5 Å². The van der Waals surface area contributed by atoms with Crippen LogP contribution in [0.25, 0.3) is 0 Å². The van der Waals surface area contributed by atoms with E-state index in [1.54, 1.807) is 12.1 Å². The molecular formula is C9H14N2O2. The van der Waals surface area contributed by atoms with Gasteiger partial charge in [0.2, 0.25) is 5.88 Å². The van der Waals surface area contributed by atoms with Crippen molar-refractivity contribution in [3.8, 4) is 5.88 Å². The van der Waals surface area contributed by atoms with Crippen LogP contribution >= 0.6 is 0 Å². The summed E-state index contributed by atoms with van der Waals surface area (Å²) in [5.41, 5.74) is 0.553. The Labute approximate surface area is 77.6 Å². The van der Waals surface area contributed by atoms with Crippen molar-refractivity contribution in [1.29, 1.82) is 0 Å². The fourth-order valence-electron chi connectivity index (χ4n) is 0.761. The van der Waals surface area contributed by atoms with E-state index in [9.17, 15) is 0 Å². The van der Waals surface area contributed by atoms with Gasteiger partial charge in [-0.1, -0.05) is 13.8 Å². The first-order valence-electron chi connectivity index (χ1n) is 4.28. The van der Waals surface area contributed by atoms with Crippen molar-refractivity contribution in [3.63, 3.8) is 0 Å². The number of aliphatic hydroxyl groups is 1. The first-order valence-corrected chi connectivity index (χ1v) is 4.28. The Balaban J connectivity index is 2.49. The lowest BCUT2D eigenvalue weighted by Crippen LogP contribution is -2.06. The van der Waals surface area contributed by atoms with E-state index in [0.29, 0.717) is 24.1 Å². The summed E-state index contributed by atoms with van der Waals surface area (Å²) in [5.74, 6) is 0.977. The minimum atomic E-state index is -0.0859. The molecule has 4 heteroatoms. The van der Waals surface area contributed by atoms with Crippen molar-refractivity contribution in [2.24, 2.45) is 5.92 Å². The molecule has 0 radical (unpaired) electrons. The van der Waals surface area contributed by atoms with Crippen molar-refractivity contribution in [2.75, 3.05) is 6.61 Å². The van der Waals surface area contributed by atoms with Gasteiger partial charge in [0.15, 0.2) is 0 Å². The van der Waals surface area contributed by atoms with Gasteiger partial charge >= 0.3 is 0 Å². The molecule has 4 nitrogen and oxygen atoms in total. The lowest BCUT2D eigenvalue weighted by molar-refractivity contribution is 0.253. The van der Waals surface area contributed by atoms with E-state index < -0.39 is 0 Å². The molecule has 1 aromatic heterocycles. The Kier molecular flexibility index (Phi) is 3.64. The van der Waals surface area contributed by atoms with E-state index in [1.807, 2.05) is 0 Å². The molecule has 0 saturated carbocycles. The summed E-state index contributed by atoms with van der Waals surface area (Å²) in [6.45, 7) is 4.68. The van der Waals surface area contributed by atoms with Gasteiger partial charge in [0, 0.05) is 6.07 Å². The summed E-state index contributed by atoms with van der Waals surface area (Å²) < 4.78 is 5.31. The lowest BCUT2D eigenvalue weighted by atomic mass is 10.2. The average Bonchev–Trinajstić information content (AvgIpc) is 2.15. The molecule has 0 bridgehead atoms. The van der Waals surface area contributed by atoms with Crippen molar-refractivity contribution in [2.45, 2.75) is 20.5 Å². The smallest absolute Gasteiger partial charge is 0.233 e. The minimum absolute atomic E-state index is 0.0859. The topological polar surface area (TPSA) is 55.2 Å². The summed E-state index contributed by atoms with van der Waals surface area (Å²) in [6, 6.07) is 3.41. The Hall–Kier alpha value is -1.16. The summed E-state index contributed by atoms with van der Waals surface area (Å²) in [4.78, 5) is 0. The Bertz CT molecular complexity index is 246. The molecule has 0 aliphatic heterocycles. The zero-order valence-corrected chi connectivity index (χ0v) is 7.90. The lowest BCUT2D eigenvalue weighted by Gasteiger charge is -2.06. The number of ether oxygens (including phenoxy) is 1. The third-order valence-electron chi connectivity index (χ3n) is 1.42. The number of aromatic nitrogens is 2. The third kappa shape index (κ3) is 3.38. The van der Waals surface area contributed by atoms with E-state index in [1.165, 1.54) is 0 Å². The highest BCUT2D eigenvalue weighted by molar-refractivity contribution is 5.10. The molecule has 1 aromatic rings. The summed E-state index contributed by atoms with van der Waals surface area (Å²) in [6.07, 6.45) is 0. The van der Waals surface area contributed by atoms with Crippen LogP contribution in [-0.2, 0) is 6.61 Å². The molecular weight excluding hydrogens is 168 g/mol. The quantitative estimate of drug-likeness (QED) is 0.754. The van der Waals surface area contributed by atoms with Crippen molar-refractivity contribution < 1.29 is 9.84 Å². The SMILES string of the molecule is CC(C)COc1ccc(CO)nn1. The molecule has 0 saturated heterocycles. The third-order valence-corrected chi connectivity index (χ3v) is 1.42. The first kappa shape index (κ1) is 9.92. The molecule has 0 atom stereocenters. The Morgan fingerprint density at radius 2 is 2.15 bits per heavy atom. The zero-order valence-electron chi connectivity index (χ0n) is 7.90. The van der Waals surface area contributed by atoms with Crippen LogP contribution in [0.15, 0.2) is 12.1 Å². The van der Waals surface area contributed by atoms with Crippen molar-refractivity contribution >= 4 is 0 Å². The van der Waals surface area contributed by atoms with E-state index in [2.05, 4.69) is 24.0 Å². The number of hydrogen-bond donors (Lipinski definition) is 1. The van der Waals surface area contributed by atoms with Gasteiger partial charge in [-0.15, -0.1) is 10.2 Å². The summed E-state index contributed by atoms with van der Waals surface area (Å²) >= 11 is 0. The second-order valence-corrected chi connectivity index (χ2v) is 3.23. The molecule has 0 unspecified atom stereocenters. The molecule has 0 aliphatic carbocycles. The molecule has 0 spiro atoms. The van der Waals surface area contributed by atoms with E-state index in [-0.39, 0.29) is 6.61 Å². The second kappa shape index (κ2) is 4.77. The van der Waals surface area contributed by atoms with Gasteiger partial charge in [-0.25, -0.2) is 0 Å². The fraction of sp³-hybridized carbons (Fsp3) is 0.556. The van der Waals surface area contributed by atoms with Crippen LogP contribution in [-0.4, -0.2) is 21.9 Å². The standard InChI is InChI=1S/C9H14N2O2/c1-7(2)6-13-9-4-3-8(5-12)10-11-9/h3-4,7,12H,5-6H2,1-2H3. The predicted molar refractivity (Wildman–Crippen MR) is 48.3 cm³/mol. The monoisotopic (exact) mass is 182 g/mol. The average molecular weight is 182 g/mol. The predicted octanol–water partition coefficient (Wildman–Crippen LogP) is 1.00. The van der Waals surface area contributed by atoms with E-state index in [0.717, 1.165) is 0 Å². The summed E-state index contributed by atoms with van der Waals surface area (Å²) in [7, 11) is 0. The van der Waals surface area contributed by atoms with Crippen molar-refractivity contribution in [3.05, 3.63) is 17.8 Å². The van der Waals surface area contributed by atoms with Crippen molar-refractivity contribution in [1.82, 2.24) is 10.2 Å². The van der Waals surface area contributed by atoms with Gasteiger partial charge in [0.1, 0.15) is 0 Å². The maximum atomic E-state index is 8.70. The summed E-state index contributed by atoms with van der Waals surface area (Å²) in [5, 5.41) is 16.2. The molecule has 0 fully saturated rings. The number of hydrogen-bond acceptors (Lipinski definition) is 4. The van der Waals surface area contributed by atoms with Gasteiger partial charge in [0.05, 0.1) is 18.9 Å². The molecule has 13 heavy (non-hydrogen) atoms. The second-order valence-electron chi connectivity index (χ2n) is 3.23. The van der Waals surface area contributed by atoms with Gasteiger partial charge in [0.25, 0.3) is 0 Å². The van der Waals surface area contributed by atoms with Gasteiger partial charge in [-0.05, 0) is 12.0 Å². The van der Waals surface area contributed by atoms with E-state index >= 15 is 0 Å². The zero-order chi connectivity index (χ0) is 9.68. The van der Waals surface area contributed by atoms with Gasteiger partial charge in [-0.2, -0.15) is 0 Å². The highest BCUT2D eigenvalue weighted by atomic mass is 16.5. The van der Waals surface area contributed by atoms with Gasteiger partial charge in [-0.3, -0.25) is 0 Å². The van der Waals surface area contributed by atoms with E-state index in [4.69, 9.17) is 9.84 Å². The van der Waals surface area contributed by atoms with Crippen LogP contribution in [0, 0.1) is 5.92 Å². The Morgan fingerprint density at radius 3 is 2.62 bits per heavy atom. The number of aliphatic hydroxyl groups excluding tert-OH is 1. The van der Waals surface area contributed by atoms with Crippen LogP contribution in [0.4, 0.5) is 0 Å². The molecule has 0 amide bonds. The normalized spacial score (nSPS) is 10.5. The molecule has 72 valence electrons. The molecule has 1 heterocycles. The van der Waals surface area contributed by atoms with Crippen LogP contribution < -0.4 is 4.74 Å². The highest BCUT2D eigenvalue weighted by Gasteiger charge is 1.99. The molecule has 0 aromatic carbocycles. The fourth-order valence-corrected chi connectivity index (χ4v) is 0.761. The Morgan fingerprint density at radius 1 is 1.38 bits per heavy atom.